The Morgan fingerprint density at radius 3 is 2.68 bits per heavy atom. The number of hydrogen-bond donors (Lipinski definition) is 1. The van der Waals surface area contributed by atoms with Crippen LogP contribution in [0, 0.1) is 0 Å². The van der Waals surface area contributed by atoms with E-state index in [0.717, 1.165) is 22.4 Å². The van der Waals surface area contributed by atoms with Crippen LogP contribution in [0.25, 0.3) is 10.2 Å². The summed E-state index contributed by atoms with van der Waals surface area (Å²) in [6.45, 7) is 2.13. The van der Waals surface area contributed by atoms with Crippen LogP contribution >= 0.6 is 11.3 Å². The zero-order chi connectivity index (χ0) is 13.2. The molecule has 2 aromatic carbocycles. The molecule has 0 saturated heterocycles. The Balaban J connectivity index is 1.93. The van der Waals surface area contributed by atoms with E-state index in [9.17, 15) is 0 Å². The number of benzene rings is 2. The van der Waals surface area contributed by atoms with Gasteiger partial charge in [-0.05, 0) is 36.2 Å². The van der Waals surface area contributed by atoms with Gasteiger partial charge in [-0.3, -0.25) is 0 Å². The van der Waals surface area contributed by atoms with Crippen LogP contribution in [0.1, 0.15) is 12.5 Å². The molecule has 0 fully saturated rings. The highest BCUT2D eigenvalue weighted by atomic mass is 32.1. The Morgan fingerprint density at radius 2 is 1.95 bits per heavy atom. The Hall–Kier alpha value is -2.07. The van der Waals surface area contributed by atoms with Crippen molar-refractivity contribution in [3.05, 3.63) is 47.5 Å². The van der Waals surface area contributed by atoms with Gasteiger partial charge in [0.2, 0.25) is 0 Å². The molecule has 1 aromatic heterocycles. The van der Waals surface area contributed by atoms with Gasteiger partial charge in [0.1, 0.15) is 17.0 Å². The standard InChI is InChI=1S/C15H14N2OS/c1-2-10-3-5-11(6-4-10)18-12-7-8-13-15(14(12)16)17-9-19-13/h3-9H,2,16H2,1H3. The van der Waals surface area contributed by atoms with Crippen molar-refractivity contribution in [3.8, 4) is 11.5 Å². The average molecular weight is 270 g/mol. The maximum atomic E-state index is 6.09. The molecule has 4 heteroatoms. The lowest BCUT2D eigenvalue weighted by atomic mass is 10.2. The molecule has 0 bridgehead atoms. The van der Waals surface area contributed by atoms with Gasteiger partial charge in [0, 0.05) is 0 Å². The van der Waals surface area contributed by atoms with Gasteiger partial charge in [-0.1, -0.05) is 19.1 Å². The zero-order valence-electron chi connectivity index (χ0n) is 10.6. The van der Waals surface area contributed by atoms with Gasteiger partial charge < -0.3 is 10.5 Å². The monoisotopic (exact) mass is 270 g/mol. The summed E-state index contributed by atoms with van der Waals surface area (Å²) in [5.74, 6) is 1.45. The second kappa shape index (κ2) is 4.90. The number of rotatable bonds is 3. The van der Waals surface area contributed by atoms with Crippen molar-refractivity contribution in [3.63, 3.8) is 0 Å². The first-order valence-corrected chi connectivity index (χ1v) is 7.04. The third-order valence-electron chi connectivity index (χ3n) is 3.06. The van der Waals surface area contributed by atoms with Crippen LogP contribution < -0.4 is 10.5 Å². The van der Waals surface area contributed by atoms with E-state index in [0.29, 0.717) is 11.4 Å². The predicted octanol–water partition coefficient (Wildman–Crippen LogP) is 4.23. The molecule has 0 aliphatic rings. The molecule has 0 spiro atoms. The first kappa shape index (κ1) is 12.0. The molecule has 0 aliphatic carbocycles. The Kier molecular flexibility index (Phi) is 3.09. The summed E-state index contributed by atoms with van der Waals surface area (Å²) < 4.78 is 6.90. The minimum Gasteiger partial charge on any atom is -0.455 e. The molecule has 3 rings (SSSR count). The number of thiazole rings is 1. The third-order valence-corrected chi connectivity index (χ3v) is 3.86. The highest BCUT2D eigenvalue weighted by Crippen LogP contribution is 2.34. The molecule has 1 heterocycles. The molecule has 3 aromatic rings. The number of nitrogens with two attached hydrogens (primary N) is 1. The molecule has 96 valence electrons. The highest BCUT2D eigenvalue weighted by molar-refractivity contribution is 7.16. The van der Waals surface area contributed by atoms with Crippen LogP contribution in [0.2, 0.25) is 0 Å². The van der Waals surface area contributed by atoms with E-state index in [1.807, 2.05) is 24.3 Å². The molecule has 2 N–H and O–H groups in total. The van der Waals surface area contributed by atoms with Gasteiger partial charge in [-0.2, -0.15) is 0 Å². The fourth-order valence-corrected chi connectivity index (χ4v) is 2.64. The van der Waals surface area contributed by atoms with Crippen molar-refractivity contribution in [2.45, 2.75) is 13.3 Å². The van der Waals surface area contributed by atoms with Gasteiger partial charge in [0.25, 0.3) is 0 Å². The van der Waals surface area contributed by atoms with Crippen molar-refractivity contribution in [1.82, 2.24) is 4.98 Å². The third kappa shape index (κ3) is 2.27. The summed E-state index contributed by atoms with van der Waals surface area (Å²) in [6.07, 6.45) is 1.02. The number of anilines is 1. The molecule has 19 heavy (non-hydrogen) atoms. The molecule has 0 saturated carbocycles. The number of nitrogens with zero attached hydrogens (tertiary/aromatic N) is 1. The Labute approximate surface area is 115 Å². The lowest BCUT2D eigenvalue weighted by Crippen LogP contribution is -1.93. The molecule has 3 nitrogen and oxygen atoms in total. The molecule has 0 atom stereocenters. The Bertz CT molecular complexity index is 704. The second-order valence-corrected chi connectivity index (χ2v) is 5.16. The smallest absolute Gasteiger partial charge is 0.152 e. The first-order chi connectivity index (χ1) is 9.28. The summed E-state index contributed by atoms with van der Waals surface area (Å²) in [6, 6.07) is 11.9. The van der Waals surface area contributed by atoms with Crippen molar-refractivity contribution >= 4 is 27.2 Å². The van der Waals surface area contributed by atoms with Crippen molar-refractivity contribution in [2.75, 3.05) is 5.73 Å². The van der Waals surface area contributed by atoms with Crippen molar-refractivity contribution in [1.29, 1.82) is 0 Å². The minimum atomic E-state index is 0.596. The van der Waals surface area contributed by atoms with Crippen LogP contribution in [-0.4, -0.2) is 4.98 Å². The normalized spacial score (nSPS) is 10.8. The van der Waals surface area contributed by atoms with Crippen LogP contribution in [-0.2, 0) is 6.42 Å². The van der Waals surface area contributed by atoms with Crippen molar-refractivity contribution in [2.24, 2.45) is 0 Å². The number of ether oxygens (including phenoxy) is 1. The van der Waals surface area contributed by atoms with E-state index in [1.54, 1.807) is 16.8 Å². The van der Waals surface area contributed by atoms with Gasteiger partial charge in [-0.15, -0.1) is 11.3 Å². The van der Waals surface area contributed by atoms with Gasteiger partial charge in [0.15, 0.2) is 5.75 Å². The Morgan fingerprint density at radius 1 is 1.16 bits per heavy atom. The van der Waals surface area contributed by atoms with Crippen molar-refractivity contribution < 1.29 is 4.74 Å². The summed E-state index contributed by atoms with van der Waals surface area (Å²) >= 11 is 1.57. The molecular formula is C15H14N2OS. The zero-order valence-corrected chi connectivity index (χ0v) is 11.4. The van der Waals surface area contributed by atoms with Gasteiger partial charge in [-0.25, -0.2) is 4.98 Å². The maximum absolute atomic E-state index is 6.09. The maximum Gasteiger partial charge on any atom is 0.152 e. The fourth-order valence-electron chi connectivity index (χ4n) is 1.94. The van der Waals surface area contributed by atoms with E-state index in [1.165, 1.54) is 5.56 Å². The van der Waals surface area contributed by atoms with Gasteiger partial charge in [0.05, 0.1) is 10.2 Å². The van der Waals surface area contributed by atoms with Crippen LogP contribution in [0.15, 0.2) is 41.9 Å². The van der Waals surface area contributed by atoms with Crippen LogP contribution in [0.4, 0.5) is 5.69 Å². The number of aryl methyl sites for hydroxylation is 1. The molecule has 0 radical (unpaired) electrons. The average Bonchev–Trinajstić information content (AvgIpc) is 2.92. The van der Waals surface area contributed by atoms with E-state index in [4.69, 9.17) is 10.5 Å². The second-order valence-electron chi connectivity index (χ2n) is 4.28. The quantitative estimate of drug-likeness (QED) is 0.724. The summed E-state index contributed by atoms with van der Waals surface area (Å²) in [5.41, 5.74) is 10.6. The van der Waals surface area contributed by atoms with Gasteiger partial charge >= 0.3 is 0 Å². The SMILES string of the molecule is CCc1ccc(Oc2ccc3scnc3c2N)cc1. The lowest BCUT2D eigenvalue weighted by Gasteiger charge is -2.09. The number of aromatic nitrogens is 1. The number of hydrogen-bond acceptors (Lipinski definition) is 4. The van der Waals surface area contributed by atoms with Crippen LogP contribution in [0.3, 0.4) is 0 Å². The predicted molar refractivity (Wildman–Crippen MR) is 79.9 cm³/mol. The highest BCUT2D eigenvalue weighted by Gasteiger charge is 2.08. The van der Waals surface area contributed by atoms with E-state index < -0.39 is 0 Å². The largest absolute Gasteiger partial charge is 0.455 e. The lowest BCUT2D eigenvalue weighted by molar-refractivity contribution is 0.485. The summed E-state index contributed by atoms with van der Waals surface area (Å²) in [7, 11) is 0. The fraction of sp³-hybridized carbons (Fsp3) is 0.133. The minimum absolute atomic E-state index is 0.596. The number of fused-ring (bicyclic) bond motifs is 1. The van der Waals surface area contributed by atoms with E-state index >= 15 is 0 Å². The first-order valence-electron chi connectivity index (χ1n) is 6.16. The summed E-state index contributed by atoms with van der Waals surface area (Å²) in [4.78, 5) is 4.26. The molecule has 0 aliphatic heterocycles. The topological polar surface area (TPSA) is 48.1 Å². The van der Waals surface area contributed by atoms with Crippen LogP contribution in [0.5, 0.6) is 11.5 Å². The van der Waals surface area contributed by atoms with E-state index in [2.05, 4.69) is 24.0 Å². The molecule has 0 amide bonds. The molecule has 0 unspecified atom stereocenters. The van der Waals surface area contributed by atoms with E-state index in [-0.39, 0.29) is 0 Å². The summed E-state index contributed by atoms with van der Waals surface area (Å²) in [5, 5.41) is 0. The number of nitrogen functional groups attached to an aromatic ring is 1. The molecular weight excluding hydrogens is 256 g/mol.